The maximum absolute atomic E-state index is 13.0. The number of nitrogens with one attached hydrogen (secondary N) is 2. The van der Waals surface area contributed by atoms with Gasteiger partial charge in [-0.05, 0) is 34.6 Å². The molecule has 0 saturated heterocycles. The van der Waals surface area contributed by atoms with Crippen molar-refractivity contribution in [2.45, 2.75) is 70.9 Å². The van der Waals surface area contributed by atoms with Crippen LogP contribution in [0.2, 0.25) is 0 Å². The molecule has 0 bridgehead atoms. The molecule has 0 saturated carbocycles. The summed E-state index contributed by atoms with van der Waals surface area (Å²) in [7, 11) is 0. The average Bonchev–Trinajstić information content (AvgIpc) is 3.17. The zero-order chi connectivity index (χ0) is 25.4. The summed E-state index contributed by atoms with van der Waals surface area (Å²) in [5, 5.41) is 14.8. The number of carboxylic acids is 1. The normalized spacial score (nSPS) is 14.8. The Morgan fingerprint density at radius 1 is 0.971 bits per heavy atom. The monoisotopic (exact) mass is 480 g/mol. The molecular formula is C28H36N2O5. The largest absolute Gasteiger partial charge is 0.481 e. The van der Waals surface area contributed by atoms with Crippen molar-refractivity contribution in [1.29, 1.82) is 0 Å². The van der Waals surface area contributed by atoms with Gasteiger partial charge >= 0.3 is 12.1 Å². The Balaban J connectivity index is 1.66. The lowest BCUT2D eigenvalue weighted by atomic mass is 9.97. The summed E-state index contributed by atoms with van der Waals surface area (Å²) in [6, 6.07) is 14.9. The van der Waals surface area contributed by atoms with Gasteiger partial charge in [-0.15, -0.1) is 0 Å². The highest BCUT2D eigenvalue weighted by Crippen LogP contribution is 2.44. The third-order valence-electron chi connectivity index (χ3n) is 6.79. The zero-order valence-electron chi connectivity index (χ0n) is 20.8. The molecule has 0 aromatic heterocycles. The van der Waals surface area contributed by atoms with Crippen LogP contribution in [0.5, 0.6) is 0 Å². The zero-order valence-corrected chi connectivity index (χ0v) is 20.8. The molecule has 0 radical (unpaired) electrons. The number of ether oxygens (including phenoxy) is 1. The lowest BCUT2D eigenvalue weighted by Gasteiger charge is -2.26. The summed E-state index contributed by atoms with van der Waals surface area (Å²) in [6.07, 6.45) is 2.15. The Hall–Kier alpha value is -3.35. The van der Waals surface area contributed by atoms with Crippen molar-refractivity contribution >= 4 is 18.0 Å². The predicted molar refractivity (Wildman–Crippen MR) is 135 cm³/mol. The van der Waals surface area contributed by atoms with E-state index in [4.69, 9.17) is 4.74 Å². The van der Waals surface area contributed by atoms with Gasteiger partial charge in [0.25, 0.3) is 0 Å². The Kier molecular flexibility index (Phi) is 9.29. The van der Waals surface area contributed by atoms with Gasteiger partial charge in [0, 0.05) is 12.0 Å². The van der Waals surface area contributed by atoms with Gasteiger partial charge in [0.15, 0.2) is 0 Å². The van der Waals surface area contributed by atoms with Gasteiger partial charge in [0.05, 0.1) is 6.42 Å². The first-order valence-electron chi connectivity index (χ1n) is 12.5. The van der Waals surface area contributed by atoms with E-state index in [1.54, 1.807) is 0 Å². The molecule has 3 N–H and O–H groups in total. The van der Waals surface area contributed by atoms with E-state index in [2.05, 4.69) is 34.9 Å². The fourth-order valence-electron chi connectivity index (χ4n) is 4.65. The minimum absolute atomic E-state index is 0.0713. The van der Waals surface area contributed by atoms with E-state index in [1.165, 1.54) is 0 Å². The minimum Gasteiger partial charge on any atom is -0.481 e. The van der Waals surface area contributed by atoms with Crippen molar-refractivity contribution in [1.82, 2.24) is 10.6 Å². The molecule has 2 aromatic carbocycles. The van der Waals surface area contributed by atoms with E-state index in [-0.39, 0.29) is 30.8 Å². The van der Waals surface area contributed by atoms with Crippen LogP contribution in [-0.4, -0.2) is 41.8 Å². The number of benzene rings is 2. The molecule has 0 aliphatic heterocycles. The maximum Gasteiger partial charge on any atom is 0.407 e. The average molecular weight is 481 g/mol. The SMILES string of the molecule is CCCCC(CC(=O)O)NC(=O)[C@@H](NC(=O)OCC1c2ccccc2-c2ccccc21)[C@@H](C)CC. The molecule has 2 aromatic rings. The molecule has 0 fully saturated rings. The minimum atomic E-state index is -0.962. The van der Waals surface area contributed by atoms with Gasteiger partial charge in [0.1, 0.15) is 12.6 Å². The highest BCUT2D eigenvalue weighted by molar-refractivity contribution is 5.86. The molecule has 7 nitrogen and oxygen atoms in total. The number of hydrogen-bond acceptors (Lipinski definition) is 4. The van der Waals surface area contributed by atoms with Crippen LogP contribution in [0.4, 0.5) is 4.79 Å². The molecule has 7 heteroatoms. The van der Waals surface area contributed by atoms with E-state index in [0.29, 0.717) is 12.8 Å². The highest BCUT2D eigenvalue weighted by Gasteiger charge is 2.31. The number of aliphatic carboxylic acids is 1. The highest BCUT2D eigenvalue weighted by atomic mass is 16.5. The molecule has 0 heterocycles. The van der Waals surface area contributed by atoms with Crippen molar-refractivity contribution < 1.29 is 24.2 Å². The third-order valence-corrected chi connectivity index (χ3v) is 6.79. The second kappa shape index (κ2) is 12.4. The van der Waals surface area contributed by atoms with Crippen molar-refractivity contribution in [3.8, 4) is 11.1 Å². The quantitative estimate of drug-likeness (QED) is 0.392. The first-order valence-corrected chi connectivity index (χ1v) is 12.5. The molecule has 3 atom stereocenters. The topological polar surface area (TPSA) is 105 Å². The van der Waals surface area contributed by atoms with Crippen LogP contribution in [0.1, 0.15) is 69.9 Å². The van der Waals surface area contributed by atoms with Gasteiger partial charge in [-0.1, -0.05) is 88.6 Å². The molecule has 1 unspecified atom stereocenters. The molecule has 1 aliphatic carbocycles. The second-order valence-corrected chi connectivity index (χ2v) is 9.28. The van der Waals surface area contributed by atoms with E-state index in [9.17, 15) is 19.5 Å². The van der Waals surface area contributed by atoms with E-state index < -0.39 is 24.1 Å². The Labute approximate surface area is 207 Å². The number of carbonyl (C=O) groups is 3. The van der Waals surface area contributed by atoms with Gasteiger partial charge in [-0.3, -0.25) is 9.59 Å². The fraction of sp³-hybridized carbons (Fsp3) is 0.464. The third kappa shape index (κ3) is 6.62. The molecule has 1 aliphatic rings. The van der Waals surface area contributed by atoms with Crippen molar-refractivity contribution in [3.05, 3.63) is 59.7 Å². The summed E-state index contributed by atoms with van der Waals surface area (Å²) in [6.45, 7) is 6.00. The number of fused-ring (bicyclic) bond motifs is 3. The van der Waals surface area contributed by atoms with E-state index in [1.807, 2.05) is 45.0 Å². The molecular weight excluding hydrogens is 444 g/mol. The van der Waals surface area contributed by atoms with Gasteiger partial charge in [0.2, 0.25) is 5.91 Å². The Bertz CT molecular complexity index is 992. The van der Waals surface area contributed by atoms with Gasteiger partial charge < -0.3 is 20.5 Å². The smallest absolute Gasteiger partial charge is 0.407 e. The van der Waals surface area contributed by atoms with Crippen molar-refractivity contribution in [2.75, 3.05) is 6.61 Å². The lowest BCUT2D eigenvalue weighted by molar-refractivity contribution is -0.137. The molecule has 35 heavy (non-hydrogen) atoms. The Morgan fingerprint density at radius 3 is 2.11 bits per heavy atom. The predicted octanol–water partition coefficient (Wildman–Crippen LogP) is 5.09. The number of carbonyl (C=O) groups excluding carboxylic acids is 2. The van der Waals surface area contributed by atoms with Crippen molar-refractivity contribution in [2.24, 2.45) is 5.92 Å². The van der Waals surface area contributed by atoms with Crippen LogP contribution in [0, 0.1) is 5.92 Å². The molecule has 188 valence electrons. The van der Waals surface area contributed by atoms with Crippen LogP contribution in [-0.2, 0) is 14.3 Å². The van der Waals surface area contributed by atoms with Gasteiger partial charge in [-0.2, -0.15) is 0 Å². The summed E-state index contributed by atoms with van der Waals surface area (Å²) >= 11 is 0. The fourth-order valence-corrected chi connectivity index (χ4v) is 4.65. The van der Waals surface area contributed by atoms with Crippen LogP contribution in [0.3, 0.4) is 0 Å². The van der Waals surface area contributed by atoms with Crippen LogP contribution in [0.15, 0.2) is 48.5 Å². The maximum atomic E-state index is 13.0. The number of amides is 2. The van der Waals surface area contributed by atoms with E-state index >= 15 is 0 Å². The number of unbranched alkanes of at least 4 members (excludes halogenated alkanes) is 1. The summed E-state index contributed by atoms with van der Waals surface area (Å²) in [5.74, 6) is -1.56. The number of rotatable bonds is 12. The second-order valence-electron chi connectivity index (χ2n) is 9.28. The van der Waals surface area contributed by atoms with E-state index in [0.717, 1.165) is 35.1 Å². The summed E-state index contributed by atoms with van der Waals surface area (Å²) in [4.78, 5) is 37.1. The molecule has 0 spiro atoms. The van der Waals surface area contributed by atoms with Crippen LogP contribution in [0.25, 0.3) is 11.1 Å². The number of carboxylic acid groups (broad SMARTS) is 1. The summed E-state index contributed by atoms with van der Waals surface area (Å²) in [5.41, 5.74) is 4.52. The van der Waals surface area contributed by atoms with Crippen LogP contribution >= 0.6 is 0 Å². The van der Waals surface area contributed by atoms with Crippen molar-refractivity contribution in [3.63, 3.8) is 0 Å². The molecule has 3 rings (SSSR count). The number of alkyl carbamates (subject to hydrolysis) is 1. The molecule has 2 amide bonds. The van der Waals surface area contributed by atoms with Gasteiger partial charge in [-0.25, -0.2) is 4.79 Å². The van der Waals surface area contributed by atoms with Crippen LogP contribution < -0.4 is 10.6 Å². The number of hydrogen-bond donors (Lipinski definition) is 3. The lowest BCUT2D eigenvalue weighted by Crippen LogP contribution is -2.53. The first kappa shape index (κ1) is 26.3. The Morgan fingerprint density at radius 2 is 1.57 bits per heavy atom. The standard InChI is InChI=1S/C28H36N2O5/c1-4-6-11-19(16-25(31)32)29-27(33)26(18(3)5-2)30-28(34)35-17-24-22-14-9-7-12-20(22)21-13-8-10-15-23(21)24/h7-10,12-15,18-19,24,26H,4-6,11,16-17H2,1-3H3,(H,29,33)(H,30,34)(H,31,32)/t18-,19?,26-/m0/s1. The summed E-state index contributed by atoms with van der Waals surface area (Å²) < 4.78 is 5.63. The first-order chi connectivity index (χ1) is 16.8.